The third kappa shape index (κ3) is 3.72. The van der Waals surface area contributed by atoms with Gasteiger partial charge in [0.25, 0.3) is 0 Å². The van der Waals surface area contributed by atoms with Gasteiger partial charge in [-0.05, 0) is 58.3 Å². The van der Waals surface area contributed by atoms with Crippen LogP contribution in [-0.4, -0.2) is 47.6 Å². The maximum Gasteiger partial charge on any atom is 0.0198 e. The Morgan fingerprint density at radius 2 is 1.53 bits per heavy atom. The molecule has 2 nitrogen and oxygen atoms in total. The molecule has 0 radical (unpaired) electrons. The molecule has 0 bridgehead atoms. The summed E-state index contributed by atoms with van der Waals surface area (Å²) in [5.74, 6) is 1.87. The quantitative estimate of drug-likeness (QED) is 0.770. The van der Waals surface area contributed by atoms with Gasteiger partial charge in [-0.2, -0.15) is 0 Å². The lowest BCUT2D eigenvalue weighted by atomic mass is 9.79. The van der Waals surface area contributed by atoms with E-state index in [1.54, 1.807) is 0 Å². The van der Waals surface area contributed by atoms with Crippen molar-refractivity contribution in [3.63, 3.8) is 0 Å². The average molecular weight is 266 g/mol. The molecule has 2 heteroatoms. The molecular weight excluding hydrogens is 232 g/mol. The second kappa shape index (κ2) is 6.58. The van der Waals surface area contributed by atoms with Crippen LogP contribution in [0, 0.1) is 11.8 Å². The van der Waals surface area contributed by atoms with E-state index in [1.807, 2.05) is 0 Å². The van der Waals surface area contributed by atoms with Crippen LogP contribution < -0.4 is 0 Å². The van der Waals surface area contributed by atoms with E-state index in [2.05, 4.69) is 44.4 Å². The number of piperazine rings is 1. The van der Waals surface area contributed by atoms with E-state index in [-0.39, 0.29) is 0 Å². The van der Waals surface area contributed by atoms with E-state index in [4.69, 9.17) is 0 Å². The molecule has 112 valence electrons. The summed E-state index contributed by atoms with van der Waals surface area (Å²) in [5.41, 5.74) is 0. The van der Waals surface area contributed by atoms with Gasteiger partial charge in [0, 0.05) is 37.8 Å². The monoisotopic (exact) mass is 266 g/mol. The van der Waals surface area contributed by atoms with Gasteiger partial charge in [0.2, 0.25) is 0 Å². The first kappa shape index (κ1) is 15.3. The fraction of sp³-hybridized carbons (Fsp3) is 1.00. The Hall–Kier alpha value is -0.0800. The van der Waals surface area contributed by atoms with Crippen LogP contribution in [-0.2, 0) is 0 Å². The van der Waals surface area contributed by atoms with Gasteiger partial charge in [0.15, 0.2) is 0 Å². The molecule has 1 heterocycles. The summed E-state index contributed by atoms with van der Waals surface area (Å²) in [5, 5.41) is 0. The Labute approximate surface area is 120 Å². The smallest absolute Gasteiger partial charge is 0.0198 e. The van der Waals surface area contributed by atoms with Crippen LogP contribution in [0.15, 0.2) is 0 Å². The first-order valence-corrected chi connectivity index (χ1v) is 8.48. The minimum atomic E-state index is 0.710. The number of hydrogen-bond donors (Lipinski definition) is 0. The van der Waals surface area contributed by atoms with Crippen molar-refractivity contribution in [2.45, 2.75) is 78.4 Å². The lowest BCUT2D eigenvalue weighted by molar-refractivity contribution is 0.0152. The van der Waals surface area contributed by atoms with Crippen LogP contribution in [0.2, 0.25) is 0 Å². The summed E-state index contributed by atoms with van der Waals surface area (Å²) in [6, 6.07) is 2.33. The summed E-state index contributed by atoms with van der Waals surface area (Å²) < 4.78 is 0. The molecule has 0 aromatic rings. The summed E-state index contributed by atoms with van der Waals surface area (Å²) in [6.45, 7) is 15.7. The second-order valence-corrected chi connectivity index (χ2v) is 7.49. The molecule has 0 unspecified atom stereocenters. The fourth-order valence-corrected chi connectivity index (χ4v) is 4.11. The SMILES string of the molecule is CC(C)C1CCC(N2CCN(C(C)C)C[C@H]2C)CC1. The molecule has 0 aromatic carbocycles. The molecule has 1 atom stereocenters. The van der Waals surface area contributed by atoms with E-state index in [0.717, 1.165) is 23.9 Å². The van der Waals surface area contributed by atoms with E-state index >= 15 is 0 Å². The van der Waals surface area contributed by atoms with Crippen molar-refractivity contribution in [1.29, 1.82) is 0 Å². The van der Waals surface area contributed by atoms with Gasteiger partial charge in [-0.3, -0.25) is 9.80 Å². The minimum Gasteiger partial charge on any atom is -0.298 e. The zero-order valence-electron chi connectivity index (χ0n) is 13.7. The summed E-state index contributed by atoms with van der Waals surface area (Å²) in [6.07, 6.45) is 5.79. The van der Waals surface area contributed by atoms with Gasteiger partial charge in [-0.15, -0.1) is 0 Å². The molecule has 1 saturated carbocycles. The largest absolute Gasteiger partial charge is 0.298 e. The van der Waals surface area contributed by atoms with Crippen LogP contribution in [0.1, 0.15) is 60.3 Å². The molecule has 1 aliphatic heterocycles. The average Bonchev–Trinajstić information content (AvgIpc) is 2.38. The van der Waals surface area contributed by atoms with Gasteiger partial charge in [0.05, 0.1) is 0 Å². The lowest BCUT2D eigenvalue weighted by Crippen LogP contribution is -2.57. The maximum absolute atomic E-state index is 2.81. The van der Waals surface area contributed by atoms with Gasteiger partial charge in [0.1, 0.15) is 0 Å². The Morgan fingerprint density at radius 3 is 2.00 bits per heavy atom. The first-order chi connectivity index (χ1) is 8.99. The molecule has 0 spiro atoms. The number of hydrogen-bond acceptors (Lipinski definition) is 2. The van der Waals surface area contributed by atoms with E-state index in [1.165, 1.54) is 45.3 Å². The van der Waals surface area contributed by atoms with Gasteiger partial charge >= 0.3 is 0 Å². The highest BCUT2D eigenvalue weighted by Gasteiger charge is 2.33. The van der Waals surface area contributed by atoms with Gasteiger partial charge < -0.3 is 0 Å². The highest BCUT2D eigenvalue weighted by molar-refractivity contribution is 4.88. The van der Waals surface area contributed by atoms with Crippen LogP contribution in [0.3, 0.4) is 0 Å². The van der Waals surface area contributed by atoms with Crippen LogP contribution in [0.5, 0.6) is 0 Å². The zero-order chi connectivity index (χ0) is 14.0. The molecule has 19 heavy (non-hydrogen) atoms. The molecule has 0 aromatic heterocycles. The molecule has 1 saturated heterocycles. The van der Waals surface area contributed by atoms with Gasteiger partial charge in [-0.1, -0.05) is 13.8 Å². The van der Waals surface area contributed by atoms with E-state index < -0.39 is 0 Å². The highest BCUT2D eigenvalue weighted by Crippen LogP contribution is 2.33. The Bertz CT molecular complexity index is 266. The summed E-state index contributed by atoms with van der Waals surface area (Å²) >= 11 is 0. The van der Waals surface area contributed by atoms with Crippen molar-refractivity contribution in [2.75, 3.05) is 19.6 Å². The number of nitrogens with zero attached hydrogens (tertiary/aromatic N) is 2. The van der Waals surface area contributed by atoms with Crippen molar-refractivity contribution >= 4 is 0 Å². The topological polar surface area (TPSA) is 6.48 Å². The summed E-state index contributed by atoms with van der Waals surface area (Å²) in [7, 11) is 0. The zero-order valence-corrected chi connectivity index (χ0v) is 13.7. The first-order valence-electron chi connectivity index (χ1n) is 8.48. The van der Waals surface area contributed by atoms with Crippen LogP contribution in [0.25, 0.3) is 0 Å². The Balaban J connectivity index is 1.84. The van der Waals surface area contributed by atoms with Crippen LogP contribution in [0.4, 0.5) is 0 Å². The predicted octanol–water partition coefficient (Wildman–Crippen LogP) is 3.62. The predicted molar refractivity (Wildman–Crippen MR) is 83.5 cm³/mol. The van der Waals surface area contributed by atoms with E-state index in [0.29, 0.717) is 6.04 Å². The van der Waals surface area contributed by atoms with Crippen molar-refractivity contribution in [3.05, 3.63) is 0 Å². The normalized spacial score (nSPS) is 35.2. The third-order valence-electron chi connectivity index (χ3n) is 5.59. The van der Waals surface area contributed by atoms with E-state index in [9.17, 15) is 0 Å². The third-order valence-corrected chi connectivity index (χ3v) is 5.59. The standard InChI is InChI=1S/C17H34N2/c1-13(2)16-6-8-17(9-7-16)19-11-10-18(14(3)4)12-15(19)5/h13-17H,6-12H2,1-5H3/t15-,16?,17?/m1/s1. The molecule has 0 amide bonds. The van der Waals surface area contributed by atoms with Crippen molar-refractivity contribution in [1.82, 2.24) is 9.80 Å². The molecular formula is C17H34N2. The molecule has 2 aliphatic rings. The fourth-order valence-electron chi connectivity index (χ4n) is 4.11. The number of rotatable bonds is 3. The Kier molecular flexibility index (Phi) is 5.30. The van der Waals surface area contributed by atoms with Crippen molar-refractivity contribution in [3.8, 4) is 0 Å². The Morgan fingerprint density at radius 1 is 0.895 bits per heavy atom. The van der Waals surface area contributed by atoms with Crippen molar-refractivity contribution in [2.24, 2.45) is 11.8 Å². The second-order valence-electron chi connectivity index (χ2n) is 7.49. The van der Waals surface area contributed by atoms with Gasteiger partial charge in [-0.25, -0.2) is 0 Å². The highest BCUT2D eigenvalue weighted by atomic mass is 15.3. The van der Waals surface area contributed by atoms with Crippen LogP contribution >= 0.6 is 0 Å². The van der Waals surface area contributed by atoms with Crippen molar-refractivity contribution < 1.29 is 0 Å². The molecule has 2 fully saturated rings. The minimum absolute atomic E-state index is 0.710. The maximum atomic E-state index is 2.81. The summed E-state index contributed by atoms with van der Waals surface area (Å²) in [4.78, 5) is 5.45. The lowest BCUT2D eigenvalue weighted by Gasteiger charge is -2.47. The molecule has 0 N–H and O–H groups in total. The molecule has 1 aliphatic carbocycles. The molecule has 2 rings (SSSR count).